The van der Waals surface area contributed by atoms with Crippen LogP contribution in [0.3, 0.4) is 0 Å². The number of benzene rings is 2. The van der Waals surface area contributed by atoms with Gasteiger partial charge in [-0.3, -0.25) is 4.79 Å². The van der Waals surface area contributed by atoms with E-state index < -0.39 is 0 Å². The highest BCUT2D eigenvalue weighted by Gasteiger charge is 2.18. The van der Waals surface area contributed by atoms with Gasteiger partial charge in [-0.15, -0.1) is 0 Å². The van der Waals surface area contributed by atoms with E-state index in [1.165, 1.54) is 0 Å². The molecule has 3 rings (SSSR count). The van der Waals surface area contributed by atoms with Crippen LogP contribution in [0.15, 0.2) is 54.6 Å². The fourth-order valence-corrected chi connectivity index (χ4v) is 2.81. The highest BCUT2D eigenvalue weighted by atomic mass is 35.5. The second-order valence-corrected chi connectivity index (χ2v) is 6.22. The Morgan fingerprint density at radius 1 is 1.15 bits per heavy atom. The van der Waals surface area contributed by atoms with Gasteiger partial charge in [0, 0.05) is 24.2 Å². The monoisotopic (exact) mass is 385 g/mol. The van der Waals surface area contributed by atoms with E-state index in [2.05, 4.69) is 10.4 Å². The molecule has 0 atom stereocenters. The summed E-state index contributed by atoms with van der Waals surface area (Å²) in [6.45, 7) is 0.838. The van der Waals surface area contributed by atoms with Gasteiger partial charge in [0.1, 0.15) is 11.4 Å². The Kier molecular flexibility index (Phi) is 6.11. The van der Waals surface area contributed by atoms with Crippen LogP contribution in [0.5, 0.6) is 5.75 Å². The number of carbonyl (C=O) groups excluding carboxylic acids is 1. The summed E-state index contributed by atoms with van der Waals surface area (Å²) in [4.78, 5) is 12.7. The molecule has 0 radical (unpaired) electrons. The van der Waals surface area contributed by atoms with Gasteiger partial charge in [-0.25, -0.2) is 4.68 Å². The molecule has 0 aliphatic heterocycles. The molecular formula is C20H20ClN3O3. The van der Waals surface area contributed by atoms with Crippen molar-refractivity contribution in [3.63, 3.8) is 0 Å². The summed E-state index contributed by atoms with van der Waals surface area (Å²) in [5.41, 5.74) is 2.62. The van der Waals surface area contributed by atoms with E-state index >= 15 is 0 Å². The van der Waals surface area contributed by atoms with Crippen LogP contribution in [0, 0.1) is 0 Å². The number of nitrogens with zero attached hydrogens (tertiary/aromatic N) is 2. The van der Waals surface area contributed by atoms with Gasteiger partial charge < -0.3 is 14.8 Å². The van der Waals surface area contributed by atoms with Gasteiger partial charge in [-0.05, 0) is 36.4 Å². The van der Waals surface area contributed by atoms with Gasteiger partial charge in [0.15, 0.2) is 0 Å². The third kappa shape index (κ3) is 4.48. The van der Waals surface area contributed by atoms with Crippen LogP contribution in [0.25, 0.3) is 16.9 Å². The van der Waals surface area contributed by atoms with Crippen molar-refractivity contribution in [2.45, 2.75) is 0 Å². The lowest BCUT2D eigenvalue weighted by Crippen LogP contribution is -2.28. The van der Waals surface area contributed by atoms with Crippen molar-refractivity contribution < 1.29 is 14.3 Å². The van der Waals surface area contributed by atoms with E-state index in [0.717, 1.165) is 11.3 Å². The summed E-state index contributed by atoms with van der Waals surface area (Å²) in [5.74, 6) is 0.476. The molecule has 0 spiro atoms. The van der Waals surface area contributed by atoms with Crippen LogP contribution < -0.4 is 10.1 Å². The Morgan fingerprint density at radius 3 is 2.70 bits per heavy atom. The molecule has 2 aromatic carbocycles. The molecule has 0 saturated heterocycles. The largest absolute Gasteiger partial charge is 0.497 e. The van der Waals surface area contributed by atoms with Crippen molar-refractivity contribution in [3.05, 3.63) is 65.3 Å². The maximum atomic E-state index is 12.7. The van der Waals surface area contributed by atoms with Crippen molar-refractivity contribution in [3.8, 4) is 22.7 Å². The van der Waals surface area contributed by atoms with Crippen molar-refractivity contribution in [1.82, 2.24) is 15.1 Å². The molecule has 1 N–H and O–H groups in total. The lowest BCUT2D eigenvalue weighted by Gasteiger charge is -2.08. The first-order valence-electron chi connectivity index (χ1n) is 8.40. The van der Waals surface area contributed by atoms with Crippen LogP contribution in [0.2, 0.25) is 5.02 Å². The molecule has 3 aromatic rings. The van der Waals surface area contributed by atoms with E-state index in [0.29, 0.717) is 35.2 Å². The Morgan fingerprint density at radius 2 is 1.96 bits per heavy atom. The summed E-state index contributed by atoms with van der Waals surface area (Å²) in [6, 6.07) is 16.5. The second-order valence-electron chi connectivity index (χ2n) is 5.79. The number of nitrogens with one attached hydrogen (secondary N) is 1. The highest BCUT2D eigenvalue weighted by Crippen LogP contribution is 2.26. The standard InChI is InChI=1S/C20H20ClN3O3/c1-26-10-9-22-20(25)19-13-18(14-5-3-8-17(11-14)27-2)23-24(19)16-7-4-6-15(21)12-16/h3-8,11-13H,9-10H2,1-2H3,(H,22,25). The molecule has 0 fully saturated rings. The Balaban J connectivity index is 2.04. The van der Waals surface area contributed by atoms with Gasteiger partial charge in [-0.1, -0.05) is 29.8 Å². The average molecular weight is 386 g/mol. The van der Waals surface area contributed by atoms with Gasteiger partial charge in [0.25, 0.3) is 5.91 Å². The Hall–Kier alpha value is -2.83. The number of ether oxygens (including phenoxy) is 2. The zero-order valence-corrected chi connectivity index (χ0v) is 15.9. The number of hydrogen-bond acceptors (Lipinski definition) is 4. The Labute approximate surface area is 162 Å². The summed E-state index contributed by atoms with van der Waals surface area (Å²) in [5, 5.41) is 8.02. The number of halogens is 1. The van der Waals surface area contributed by atoms with Crippen LogP contribution in [-0.4, -0.2) is 43.1 Å². The molecule has 0 saturated carbocycles. The molecule has 1 heterocycles. The van der Waals surface area contributed by atoms with Gasteiger partial charge in [-0.2, -0.15) is 5.10 Å². The van der Waals surface area contributed by atoms with E-state index in [-0.39, 0.29) is 5.91 Å². The minimum absolute atomic E-state index is 0.242. The molecule has 7 heteroatoms. The normalized spacial score (nSPS) is 10.6. The molecule has 0 bridgehead atoms. The predicted molar refractivity (Wildman–Crippen MR) is 105 cm³/mol. The van der Waals surface area contributed by atoms with E-state index in [1.807, 2.05) is 36.4 Å². The average Bonchev–Trinajstić information content (AvgIpc) is 3.14. The molecule has 0 aliphatic rings. The van der Waals surface area contributed by atoms with Crippen molar-refractivity contribution in [1.29, 1.82) is 0 Å². The molecular weight excluding hydrogens is 366 g/mol. The van der Waals surface area contributed by atoms with Gasteiger partial charge in [0.2, 0.25) is 0 Å². The number of methoxy groups -OCH3 is 2. The smallest absolute Gasteiger partial charge is 0.270 e. The maximum Gasteiger partial charge on any atom is 0.270 e. The minimum atomic E-state index is -0.242. The van der Waals surface area contributed by atoms with Crippen molar-refractivity contribution in [2.75, 3.05) is 27.4 Å². The van der Waals surface area contributed by atoms with Crippen LogP contribution in [0.1, 0.15) is 10.5 Å². The first-order valence-corrected chi connectivity index (χ1v) is 8.77. The summed E-state index contributed by atoms with van der Waals surface area (Å²) < 4.78 is 11.9. The molecule has 1 aromatic heterocycles. The number of rotatable bonds is 7. The topological polar surface area (TPSA) is 65.4 Å². The van der Waals surface area contributed by atoms with Crippen molar-refractivity contribution >= 4 is 17.5 Å². The van der Waals surface area contributed by atoms with Gasteiger partial charge in [0.05, 0.1) is 25.1 Å². The van der Waals surface area contributed by atoms with Crippen LogP contribution >= 0.6 is 11.6 Å². The van der Waals surface area contributed by atoms with Gasteiger partial charge >= 0.3 is 0 Å². The number of aromatic nitrogens is 2. The van der Waals surface area contributed by atoms with E-state index in [4.69, 9.17) is 21.1 Å². The molecule has 0 unspecified atom stereocenters. The molecule has 0 aliphatic carbocycles. The van der Waals surface area contributed by atoms with Crippen molar-refractivity contribution in [2.24, 2.45) is 0 Å². The SMILES string of the molecule is COCCNC(=O)c1cc(-c2cccc(OC)c2)nn1-c1cccc(Cl)c1. The lowest BCUT2D eigenvalue weighted by molar-refractivity contribution is 0.0929. The van der Waals surface area contributed by atoms with E-state index in [1.54, 1.807) is 37.1 Å². The minimum Gasteiger partial charge on any atom is -0.497 e. The first kappa shape index (κ1) is 18.9. The summed E-state index contributed by atoms with van der Waals surface area (Å²) in [7, 11) is 3.20. The fraction of sp³-hybridized carbons (Fsp3) is 0.200. The lowest BCUT2D eigenvalue weighted by atomic mass is 10.1. The zero-order chi connectivity index (χ0) is 19.2. The van der Waals surface area contributed by atoms with Crippen LogP contribution in [-0.2, 0) is 4.74 Å². The third-order valence-electron chi connectivity index (χ3n) is 3.95. The second kappa shape index (κ2) is 8.70. The molecule has 140 valence electrons. The maximum absolute atomic E-state index is 12.7. The predicted octanol–water partition coefficient (Wildman–Crippen LogP) is 3.58. The first-order chi connectivity index (χ1) is 13.1. The highest BCUT2D eigenvalue weighted by molar-refractivity contribution is 6.30. The molecule has 1 amide bonds. The fourth-order valence-electron chi connectivity index (χ4n) is 2.63. The van der Waals surface area contributed by atoms with Crippen LogP contribution in [0.4, 0.5) is 0 Å². The van der Waals surface area contributed by atoms with E-state index in [9.17, 15) is 4.79 Å². The molecule has 27 heavy (non-hydrogen) atoms. The zero-order valence-electron chi connectivity index (χ0n) is 15.1. The number of hydrogen-bond donors (Lipinski definition) is 1. The number of carbonyl (C=O) groups is 1. The molecule has 6 nitrogen and oxygen atoms in total. The third-order valence-corrected chi connectivity index (χ3v) is 4.19. The number of amides is 1. The summed E-state index contributed by atoms with van der Waals surface area (Å²) >= 11 is 6.12. The Bertz CT molecular complexity index is 940. The quantitative estimate of drug-likeness (QED) is 0.631. The summed E-state index contributed by atoms with van der Waals surface area (Å²) in [6.07, 6.45) is 0.